The van der Waals surface area contributed by atoms with Gasteiger partial charge in [-0.25, -0.2) is 0 Å². The van der Waals surface area contributed by atoms with Crippen molar-refractivity contribution in [1.82, 2.24) is 10.3 Å². The van der Waals surface area contributed by atoms with Crippen molar-refractivity contribution in [2.24, 2.45) is 5.73 Å². The molecule has 0 saturated heterocycles. The Morgan fingerprint density at radius 3 is 2.88 bits per heavy atom. The number of thiocarbonyl (C=S) groups is 1. The van der Waals surface area contributed by atoms with E-state index < -0.39 is 0 Å². The first kappa shape index (κ1) is 12.4. The first-order valence-corrected chi connectivity index (χ1v) is 5.24. The molecule has 0 fully saturated rings. The van der Waals surface area contributed by atoms with Gasteiger partial charge in [0.05, 0.1) is 11.0 Å². The molecule has 0 aromatic carbocycles. The molecular weight excluding hydrogens is 226 g/mol. The fraction of sp³-hybridized carbons (Fsp3) is 0.300. The molecule has 86 valence electrons. The van der Waals surface area contributed by atoms with E-state index in [2.05, 4.69) is 10.3 Å². The van der Waals surface area contributed by atoms with Crippen molar-refractivity contribution in [3.05, 3.63) is 34.2 Å². The quantitative estimate of drug-likeness (QED) is 0.653. The third-order valence-corrected chi connectivity index (χ3v) is 2.38. The predicted octanol–water partition coefficient (Wildman–Crippen LogP) is 0.169. The second-order valence-corrected chi connectivity index (χ2v) is 3.75. The van der Waals surface area contributed by atoms with E-state index in [0.717, 1.165) is 0 Å². The summed E-state index contributed by atoms with van der Waals surface area (Å²) < 4.78 is 0. The minimum Gasteiger partial charge on any atom is -0.392 e. The highest BCUT2D eigenvalue weighted by Crippen LogP contribution is 1.97. The summed E-state index contributed by atoms with van der Waals surface area (Å²) in [5.74, 6) is -0.356. The molecule has 1 rings (SSSR count). The number of nitrogens with two attached hydrogens (primary N) is 1. The van der Waals surface area contributed by atoms with E-state index in [1.54, 1.807) is 0 Å². The average Bonchev–Trinajstić information content (AvgIpc) is 2.25. The molecule has 0 radical (unpaired) electrons. The largest absolute Gasteiger partial charge is 0.392 e. The lowest BCUT2D eigenvalue weighted by Crippen LogP contribution is -2.43. The molecule has 4 N–H and O–H groups in total. The first-order valence-electron chi connectivity index (χ1n) is 4.83. The van der Waals surface area contributed by atoms with Crippen LogP contribution in [-0.2, 0) is 0 Å². The molecule has 0 aliphatic rings. The highest BCUT2D eigenvalue weighted by molar-refractivity contribution is 7.80. The molecule has 1 aromatic rings. The van der Waals surface area contributed by atoms with Crippen molar-refractivity contribution >= 4 is 23.1 Å². The van der Waals surface area contributed by atoms with E-state index in [0.29, 0.717) is 12.0 Å². The summed E-state index contributed by atoms with van der Waals surface area (Å²) in [5.41, 5.74) is 5.42. The van der Waals surface area contributed by atoms with Crippen LogP contribution in [0.1, 0.15) is 23.7 Å². The minimum absolute atomic E-state index is 0.237. The number of aromatic amines is 1. The molecule has 0 aliphatic heterocycles. The van der Waals surface area contributed by atoms with Gasteiger partial charge >= 0.3 is 0 Å². The van der Waals surface area contributed by atoms with Crippen molar-refractivity contribution in [1.29, 1.82) is 0 Å². The zero-order valence-corrected chi connectivity index (χ0v) is 9.64. The number of pyridine rings is 1. The van der Waals surface area contributed by atoms with Crippen LogP contribution in [0.5, 0.6) is 0 Å². The summed E-state index contributed by atoms with van der Waals surface area (Å²) in [6.45, 7) is 1.86. The number of aromatic nitrogens is 1. The number of hydrogen-bond donors (Lipinski definition) is 3. The molecule has 0 bridgehead atoms. The number of rotatable bonds is 4. The maximum atomic E-state index is 11.7. The van der Waals surface area contributed by atoms with Crippen LogP contribution in [-0.4, -0.2) is 21.9 Å². The summed E-state index contributed by atoms with van der Waals surface area (Å²) in [5, 5.41) is 2.65. The molecule has 1 unspecified atom stereocenters. The van der Waals surface area contributed by atoms with Crippen molar-refractivity contribution in [3.63, 3.8) is 0 Å². The number of H-pyrrole nitrogens is 1. The van der Waals surface area contributed by atoms with Crippen molar-refractivity contribution in [2.45, 2.75) is 19.4 Å². The lowest BCUT2D eigenvalue weighted by Gasteiger charge is -2.14. The Bertz CT molecular complexity index is 455. The van der Waals surface area contributed by atoms with Crippen LogP contribution in [0.15, 0.2) is 23.1 Å². The SMILES string of the molecule is CCC(NC(=O)c1cc[nH]c(=O)c1)C(N)=S. The van der Waals surface area contributed by atoms with Gasteiger partial charge in [-0.2, -0.15) is 0 Å². The summed E-state index contributed by atoms with van der Waals surface area (Å²) in [6, 6.07) is 2.40. The van der Waals surface area contributed by atoms with Gasteiger partial charge in [0.2, 0.25) is 5.56 Å². The molecule has 1 aromatic heterocycles. The van der Waals surface area contributed by atoms with Crippen molar-refractivity contribution in [3.8, 4) is 0 Å². The fourth-order valence-corrected chi connectivity index (χ4v) is 1.43. The summed E-state index contributed by atoms with van der Waals surface area (Å²) in [6.07, 6.45) is 2.03. The monoisotopic (exact) mass is 239 g/mol. The number of carbonyl (C=O) groups is 1. The Kier molecular flexibility index (Phi) is 4.19. The molecule has 0 saturated carbocycles. The van der Waals surface area contributed by atoms with E-state index in [1.807, 2.05) is 6.92 Å². The number of amides is 1. The van der Waals surface area contributed by atoms with E-state index in [4.69, 9.17) is 18.0 Å². The van der Waals surface area contributed by atoms with Crippen LogP contribution in [0.4, 0.5) is 0 Å². The number of nitrogens with one attached hydrogen (secondary N) is 2. The van der Waals surface area contributed by atoms with E-state index in [1.165, 1.54) is 18.3 Å². The van der Waals surface area contributed by atoms with E-state index >= 15 is 0 Å². The maximum Gasteiger partial charge on any atom is 0.252 e. The van der Waals surface area contributed by atoms with Crippen LogP contribution in [0.2, 0.25) is 0 Å². The van der Waals surface area contributed by atoms with Crippen molar-refractivity contribution in [2.75, 3.05) is 0 Å². The fourth-order valence-electron chi connectivity index (χ4n) is 1.20. The molecule has 0 spiro atoms. The van der Waals surface area contributed by atoms with E-state index in [-0.39, 0.29) is 22.5 Å². The smallest absolute Gasteiger partial charge is 0.252 e. The third-order valence-electron chi connectivity index (χ3n) is 2.09. The molecule has 1 atom stereocenters. The zero-order valence-electron chi connectivity index (χ0n) is 8.82. The normalized spacial score (nSPS) is 11.8. The molecule has 0 aliphatic carbocycles. The Morgan fingerprint density at radius 1 is 1.69 bits per heavy atom. The van der Waals surface area contributed by atoms with Crippen LogP contribution in [0, 0.1) is 0 Å². The molecular formula is C10H13N3O2S. The molecule has 1 heterocycles. The topological polar surface area (TPSA) is 88.0 Å². The first-order chi connectivity index (χ1) is 7.54. The zero-order chi connectivity index (χ0) is 12.1. The van der Waals surface area contributed by atoms with Gasteiger partial charge in [0, 0.05) is 17.8 Å². The van der Waals surface area contributed by atoms with Gasteiger partial charge < -0.3 is 16.0 Å². The van der Waals surface area contributed by atoms with Crippen LogP contribution in [0.3, 0.4) is 0 Å². The molecule has 5 nitrogen and oxygen atoms in total. The van der Waals surface area contributed by atoms with Crippen LogP contribution in [0.25, 0.3) is 0 Å². The van der Waals surface area contributed by atoms with Gasteiger partial charge in [-0.1, -0.05) is 19.1 Å². The minimum atomic E-state index is -0.356. The van der Waals surface area contributed by atoms with Gasteiger partial charge in [0.25, 0.3) is 5.91 Å². The molecule has 6 heteroatoms. The van der Waals surface area contributed by atoms with E-state index in [9.17, 15) is 9.59 Å². The second kappa shape index (κ2) is 5.41. The number of hydrogen-bond acceptors (Lipinski definition) is 3. The lowest BCUT2D eigenvalue weighted by molar-refractivity contribution is 0.0946. The average molecular weight is 239 g/mol. The van der Waals surface area contributed by atoms with Gasteiger partial charge in [-0.3, -0.25) is 9.59 Å². The Morgan fingerprint density at radius 2 is 2.38 bits per heavy atom. The number of carbonyl (C=O) groups excluding carboxylic acids is 1. The Labute approximate surface area is 98.0 Å². The second-order valence-electron chi connectivity index (χ2n) is 3.28. The van der Waals surface area contributed by atoms with Crippen LogP contribution >= 0.6 is 12.2 Å². The summed E-state index contributed by atoms with van der Waals surface area (Å²) >= 11 is 4.81. The lowest BCUT2D eigenvalue weighted by atomic mass is 10.2. The van der Waals surface area contributed by atoms with Gasteiger partial charge in [-0.05, 0) is 12.5 Å². The Hall–Kier alpha value is -1.69. The third kappa shape index (κ3) is 3.16. The van der Waals surface area contributed by atoms with Crippen LogP contribution < -0.4 is 16.6 Å². The summed E-state index contributed by atoms with van der Waals surface area (Å²) in [7, 11) is 0. The summed E-state index contributed by atoms with van der Waals surface area (Å²) in [4.78, 5) is 25.4. The maximum absolute atomic E-state index is 11.7. The molecule has 16 heavy (non-hydrogen) atoms. The highest BCUT2D eigenvalue weighted by Gasteiger charge is 2.14. The standard InChI is InChI=1S/C10H13N3O2S/c1-2-7(9(11)16)13-10(15)6-3-4-12-8(14)5-6/h3-5,7H,2H2,1H3,(H2,11,16)(H,12,14)(H,13,15). The van der Waals surface area contributed by atoms with Gasteiger partial charge in [0.15, 0.2) is 0 Å². The Balaban J connectivity index is 2.79. The van der Waals surface area contributed by atoms with Crippen molar-refractivity contribution < 1.29 is 4.79 Å². The van der Waals surface area contributed by atoms with Gasteiger partial charge in [-0.15, -0.1) is 0 Å². The molecule has 1 amide bonds. The predicted molar refractivity (Wildman–Crippen MR) is 65.4 cm³/mol. The van der Waals surface area contributed by atoms with Gasteiger partial charge in [0.1, 0.15) is 0 Å². The highest BCUT2D eigenvalue weighted by atomic mass is 32.1.